The first-order valence-electron chi connectivity index (χ1n) is 17.9. The fraction of sp³-hybridized carbons (Fsp3) is 0.400. The van der Waals surface area contributed by atoms with Crippen LogP contribution in [0.3, 0.4) is 0 Å². The third-order valence-corrected chi connectivity index (χ3v) is 10.1. The van der Waals surface area contributed by atoms with Gasteiger partial charge >= 0.3 is 37.7 Å². The zero-order chi connectivity index (χ0) is 38.0. The summed E-state index contributed by atoms with van der Waals surface area (Å²) in [7, 11) is -8.72. The van der Waals surface area contributed by atoms with Crippen LogP contribution in [0, 0.1) is 0 Å². The van der Waals surface area contributed by atoms with E-state index in [-0.39, 0.29) is 64.8 Å². The van der Waals surface area contributed by atoms with Crippen LogP contribution in [0.2, 0.25) is 0 Å². The van der Waals surface area contributed by atoms with Crippen molar-refractivity contribution >= 4 is 58.0 Å². The maximum absolute atomic E-state index is 12.5. The average molecular weight is 795 g/mol. The van der Waals surface area contributed by atoms with Crippen LogP contribution in [-0.4, -0.2) is 68.8 Å². The molecule has 2 N–H and O–H groups in total. The Balaban J connectivity index is 0.000000360. The Labute approximate surface area is 345 Å². The largest absolute Gasteiger partial charge is 2.00 e. The molecule has 10 nitrogen and oxygen atoms in total. The molecule has 0 aromatic heterocycles. The molecule has 284 valence electrons. The summed E-state index contributed by atoms with van der Waals surface area (Å²) in [6, 6.07) is 21.0. The standard InChI is InChI=1S/2C20H26O5S.Ca/c2*1-2-3-4-5-6-7-9-16-10-8-11-19(20(16)21)25-17-12-14-18(15-13-17)26(22,23)24;/h2*8,10-15,21H,2-7,9H2,1H3,(H,22,23,24);/q;;+2/p-2. The van der Waals surface area contributed by atoms with Crippen LogP contribution in [0.5, 0.6) is 34.5 Å². The van der Waals surface area contributed by atoms with E-state index in [1.807, 2.05) is 18.2 Å². The summed E-state index contributed by atoms with van der Waals surface area (Å²) in [5.41, 5.74) is 1.56. The summed E-state index contributed by atoms with van der Waals surface area (Å²) in [5.74, 6) is 1.18. The molecule has 0 unspecified atom stereocenters. The predicted molar refractivity (Wildman–Crippen MR) is 205 cm³/mol. The summed E-state index contributed by atoms with van der Waals surface area (Å²) in [6.45, 7) is 4.38. The van der Waals surface area contributed by atoms with Gasteiger partial charge in [-0.25, -0.2) is 8.42 Å². The smallest absolute Gasteiger partial charge is 0.870 e. The van der Waals surface area contributed by atoms with Gasteiger partial charge in [0.25, 0.3) is 10.1 Å². The summed E-state index contributed by atoms with van der Waals surface area (Å²) in [5, 5.41) is 22.9. The van der Waals surface area contributed by atoms with Gasteiger partial charge in [0.2, 0.25) is 0 Å². The van der Waals surface area contributed by atoms with E-state index in [1.54, 1.807) is 18.2 Å². The molecule has 4 rings (SSSR count). The molecule has 0 aliphatic carbocycles. The molecule has 0 aliphatic heterocycles. The number of aromatic hydroxyl groups is 1. The van der Waals surface area contributed by atoms with Crippen LogP contribution in [-0.2, 0) is 33.1 Å². The topological polar surface area (TPSA) is 173 Å². The molecule has 4 aromatic carbocycles. The maximum atomic E-state index is 12.5. The van der Waals surface area contributed by atoms with Crippen molar-refractivity contribution in [3.63, 3.8) is 0 Å². The van der Waals surface area contributed by atoms with E-state index < -0.39 is 20.2 Å². The van der Waals surface area contributed by atoms with Gasteiger partial charge in [-0.05, 0) is 91.9 Å². The minimum absolute atomic E-state index is 0. The fourth-order valence-corrected chi connectivity index (χ4v) is 6.44. The van der Waals surface area contributed by atoms with Crippen LogP contribution < -0.4 is 14.6 Å². The first-order valence-corrected chi connectivity index (χ1v) is 20.8. The molecular weight excluding hydrogens is 745 g/mol. The molecule has 0 saturated carbocycles. The van der Waals surface area contributed by atoms with Crippen LogP contribution in [0.4, 0.5) is 0 Å². The molecule has 53 heavy (non-hydrogen) atoms. The number of aryl methyl sites for hydroxylation is 2. The zero-order valence-corrected chi connectivity index (χ0v) is 34.5. The van der Waals surface area contributed by atoms with Crippen LogP contribution in [0.1, 0.15) is 102 Å². The molecule has 0 heterocycles. The molecule has 13 heteroatoms. The van der Waals surface area contributed by atoms with Gasteiger partial charge in [0, 0.05) is 0 Å². The summed E-state index contributed by atoms with van der Waals surface area (Å²) in [6.07, 6.45) is 15.6. The molecule has 0 saturated heterocycles. The molecule has 0 atom stereocenters. The average Bonchev–Trinajstić information content (AvgIpc) is 3.11. The number of phenols is 1. The normalized spacial score (nSPS) is 11.2. The molecular formula is C40H50CaO10S2. The molecule has 0 amide bonds. The van der Waals surface area contributed by atoms with E-state index in [0.29, 0.717) is 17.2 Å². The van der Waals surface area contributed by atoms with Gasteiger partial charge in [0.15, 0.2) is 11.5 Å². The van der Waals surface area contributed by atoms with Crippen molar-refractivity contribution in [1.82, 2.24) is 0 Å². The Hall–Kier alpha value is -2.84. The van der Waals surface area contributed by atoms with Crippen molar-refractivity contribution in [1.29, 1.82) is 0 Å². The van der Waals surface area contributed by atoms with Crippen molar-refractivity contribution in [3.05, 3.63) is 96.1 Å². The van der Waals surface area contributed by atoms with E-state index in [2.05, 4.69) is 13.8 Å². The van der Waals surface area contributed by atoms with Crippen LogP contribution in [0.15, 0.2) is 94.7 Å². The maximum Gasteiger partial charge on any atom is 2.00 e. The van der Waals surface area contributed by atoms with Gasteiger partial charge in [-0.1, -0.05) is 114 Å². The summed E-state index contributed by atoms with van der Waals surface area (Å²) >= 11 is 0. The number of hydrogen-bond acceptors (Lipinski definition) is 9. The first-order chi connectivity index (χ1) is 24.8. The first kappa shape index (κ1) is 46.3. The molecule has 0 radical (unpaired) electrons. The van der Waals surface area contributed by atoms with Crippen LogP contribution in [0.25, 0.3) is 0 Å². The second kappa shape index (κ2) is 23.8. The number of hydrogen-bond donors (Lipinski definition) is 2. The number of rotatable bonds is 20. The molecule has 0 spiro atoms. The van der Waals surface area contributed by atoms with Crippen molar-refractivity contribution in [2.75, 3.05) is 0 Å². The van der Waals surface area contributed by atoms with Crippen molar-refractivity contribution in [2.24, 2.45) is 0 Å². The van der Waals surface area contributed by atoms with Crippen molar-refractivity contribution < 1.29 is 45.6 Å². The molecule has 4 aromatic rings. The quantitative estimate of drug-likeness (QED) is 0.0499. The third kappa shape index (κ3) is 16.6. The van der Waals surface area contributed by atoms with Gasteiger partial charge in [-0.3, -0.25) is 4.55 Å². The van der Waals surface area contributed by atoms with Gasteiger partial charge in [0.05, 0.1) is 9.79 Å². The van der Waals surface area contributed by atoms with E-state index in [1.165, 1.54) is 99.9 Å². The molecule has 0 fully saturated rings. The number of unbranched alkanes of at least 4 members (excludes halogenated alkanes) is 10. The summed E-state index contributed by atoms with van der Waals surface area (Å²) in [4.78, 5) is -0.532. The van der Waals surface area contributed by atoms with Gasteiger partial charge in [0.1, 0.15) is 27.4 Å². The minimum atomic E-state index is -4.49. The Kier molecular flexibility index (Phi) is 20.8. The van der Waals surface area contributed by atoms with Crippen molar-refractivity contribution in [3.8, 4) is 34.5 Å². The zero-order valence-electron chi connectivity index (χ0n) is 30.7. The molecule has 0 bridgehead atoms. The van der Waals surface area contributed by atoms with Crippen LogP contribution >= 0.6 is 0 Å². The minimum Gasteiger partial charge on any atom is -0.870 e. The van der Waals surface area contributed by atoms with Gasteiger partial charge in [-0.15, -0.1) is 0 Å². The monoisotopic (exact) mass is 794 g/mol. The number of phenolic OH excluding ortho intramolecular Hbond substituents is 1. The van der Waals surface area contributed by atoms with E-state index >= 15 is 0 Å². The fourth-order valence-electron chi connectivity index (χ4n) is 5.49. The Morgan fingerprint density at radius 1 is 0.566 bits per heavy atom. The second-order valence-electron chi connectivity index (χ2n) is 12.6. The van der Waals surface area contributed by atoms with E-state index in [4.69, 9.17) is 14.0 Å². The Morgan fingerprint density at radius 2 is 0.981 bits per heavy atom. The Morgan fingerprint density at radius 3 is 1.47 bits per heavy atom. The number of benzene rings is 4. The number of para-hydroxylation sites is 2. The Bertz CT molecular complexity index is 1740. The van der Waals surface area contributed by atoms with Gasteiger partial charge in [-0.2, -0.15) is 8.42 Å². The van der Waals surface area contributed by atoms with E-state index in [9.17, 15) is 31.6 Å². The number of ether oxygens (including phenoxy) is 2. The summed E-state index contributed by atoms with van der Waals surface area (Å²) < 4.78 is 75.1. The SMILES string of the molecule is CCCCCCCCc1cccc(Oc2ccc(S(=O)(=O)O)cc2)c1O.CCCCCCCCc1cccc(Oc2ccc(S(=O)(=O)[O-])cc2)c1[O-].[Ca+2]. The molecule has 0 aliphatic rings. The predicted octanol–water partition coefficient (Wildman–Crippen LogP) is 9.31. The van der Waals surface area contributed by atoms with E-state index in [0.717, 1.165) is 49.7 Å². The van der Waals surface area contributed by atoms with Crippen molar-refractivity contribution in [2.45, 2.75) is 114 Å². The second-order valence-corrected chi connectivity index (χ2v) is 15.4. The third-order valence-electron chi connectivity index (χ3n) is 8.43. The van der Waals surface area contributed by atoms with Gasteiger partial charge < -0.3 is 24.2 Å².